The van der Waals surface area contributed by atoms with E-state index in [1.54, 1.807) is 0 Å². The lowest BCUT2D eigenvalue weighted by atomic mass is 10.1. The van der Waals surface area contributed by atoms with Crippen LogP contribution < -0.4 is 0 Å². The predicted molar refractivity (Wildman–Crippen MR) is 50.0 cm³/mol. The van der Waals surface area contributed by atoms with Gasteiger partial charge in [-0.15, -0.1) is 6.42 Å². The molecule has 0 saturated carbocycles. The lowest BCUT2D eigenvalue weighted by Crippen LogP contribution is -1.75. The summed E-state index contributed by atoms with van der Waals surface area (Å²) in [5.74, 6) is 7.85. The van der Waals surface area contributed by atoms with Crippen LogP contribution in [0.2, 0.25) is 0 Å². The molecule has 0 aliphatic heterocycles. The number of rotatable bonds is 5. The van der Waals surface area contributed by atoms with E-state index in [1.807, 2.05) is 0 Å². The SMILES string of the molecule is C#CC#CCCCCCCC. The lowest BCUT2D eigenvalue weighted by molar-refractivity contribution is 0.641. The van der Waals surface area contributed by atoms with E-state index in [-0.39, 0.29) is 0 Å². The third kappa shape index (κ3) is 9.12. The Balaban J connectivity index is 2.98. The minimum Gasteiger partial charge on any atom is -0.106 e. The molecule has 0 fully saturated rings. The molecule has 0 heteroatoms. The molecule has 0 radical (unpaired) electrons. The van der Waals surface area contributed by atoms with Crippen LogP contribution in [-0.2, 0) is 0 Å². The van der Waals surface area contributed by atoms with Crippen molar-refractivity contribution in [2.24, 2.45) is 0 Å². The number of hydrogen-bond donors (Lipinski definition) is 0. The lowest BCUT2D eigenvalue weighted by Gasteiger charge is -1.93. The normalized spacial score (nSPS) is 8.00. The minimum atomic E-state index is 0.966. The average molecular weight is 148 g/mol. The maximum Gasteiger partial charge on any atom is 0.00989 e. The van der Waals surface area contributed by atoms with Crippen LogP contribution in [0.25, 0.3) is 0 Å². The van der Waals surface area contributed by atoms with E-state index in [4.69, 9.17) is 6.42 Å². The van der Waals surface area contributed by atoms with Gasteiger partial charge in [0.25, 0.3) is 0 Å². The summed E-state index contributed by atoms with van der Waals surface area (Å²) in [6, 6.07) is 0. The Hall–Kier alpha value is -0.880. The first-order valence-electron chi connectivity index (χ1n) is 4.35. The first-order chi connectivity index (χ1) is 5.41. The Bertz CT molecular complexity index is 161. The molecule has 0 bridgehead atoms. The number of unbranched alkanes of at least 4 members (excludes halogenated alkanes) is 5. The molecule has 0 atom stereocenters. The van der Waals surface area contributed by atoms with E-state index in [0.717, 1.165) is 6.42 Å². The summed E-state index contributed by atoms with van der Waals surface area (Å²) in [7, 11) is 0. The predicted octanol–water partition coefficient (Wildman–Crippen LogP) is 2.98. The summed E-state index contributed by atoms with van der Waals surface area (Å²) in [6.45, 7) is 2.22. The van der Waals surface area contributed by atoms with Crippen molar-refractivity contribution in [2.75, 3.05) is 0 Å². The molecule has 0 amide bonds. The summed E-state index contributed by atoms with van der Waals surface area (Å²) >= 11 is 0. The van der Waals surface area contributed by atoms with Crippen LogP contribution >= 0.6 is 0 Å². The molecular weight excluding hydrogens is 132 g/mol. The van der Waals surface area contributed by atoms with Gasteiger partial charge >= 0.3 is 0 Å². The second kappa shape index (κ2) is 9.12. The zero-order valence-corrected chi connectivity index (χ0v) is 7.32. The fourth-order valence-corrected chi connectivity index (χ4v) is 0.930. The van der Waals surface area contributed by atoms with Crippen LogP contribution in [0.5, 0.6) is 0 Å². The molecule has 0 aromatic carbocycles. The second-order valence-electron chi connectivity index (χ2n) is 2.61. The van der Waals surface area contributed by atoms with Crippen molar-refractivity contribution in [3.63, 3.8) is 0 Å². The summed E-state index contributed by atoms with van der Waals surface area (Å²) in [5.41, 5.74) is 0. The van der Waals surface area contributed by atoms with Gasteiger partial charge in [-0.25, -0.2) is 0 Å². The molecule has 0 spiro atoms. The molecule has 0 nitrogen and oxygen atoms in total. The topological polar surface area (TPSA) is 0 Å². The van der Waals surface area contributed by atoms with Crippen LogP contribution in [0.1, 0.15) is 45.4 Å². The molecule has 0 aliphatic carbocycles. The zero-order valence-electron chi connectivity index (χ0n) is 7.32. The van der Waals surface area contributed by atoms with Gasteiger partial charge in [-0.3, -0.25) is 0 Å². The van der Waals surface area contributed by atoms with E-state index in [9.17, 15) is 0 Å². The largest absolute Gasteiger partial charge is 0.106 e. The average Bonchev–Trinajstić information content (AvgIpc) is 2.03. The van der Waals surface area contributed by atoms with Crippen molar-refractivity contribution < 1.29 is 0 Å². The highest BCUT2D eigenvalue weighted by Crippen LogP contribution is 2.03. The van der Waals surface area contributed by atoms with Gasteiger partial charge in [0.15, 0.2) is 0 Å². The van der Waals surface area contributed by atoms with Gasteiger partial charge in [-0.1, -0.05) is 38.5 Å². The third-order valence-corrected chi connectivity index (χ3v) is 1.57. The molecule has 60 valence electrons. The van der Waals surface area contributed by atoms with Crippen molar-refractivity contribution in [1.29, 1.82) is 0 Å². The molecule has 11 heavy (non-hydrogen) atoms. The number of hydrogen-bond acceptors (Lipinski definition) is 0. The van der Waals surface area contributed by atoms with E-state index >= 15 is 0 Å². The Morgan fingerprint density at radius 3 is 2.45 bits per heavy atom. The van der Waals surface area contributed by atoms with E-state index in [1.165, 1.54) is 32.1 Å². The summed E-state index contributed by atoms with van der Waals surface area (Å²) < 4.78 is 0. The molecule has 0 saturated heterocycles. The summed E-state index contributed by atoms with van der Waals surface area (Å²) in [4.78, 5) is 0. The molecule has 0 unspecified atom stereocenters. The fourth-order valence-electron chi connectivity index (χ4n) is 0.930. The molecule has 0 N–H and O–H groups in total. The highest BCUT2D eigenvalue weighted by Gasteiger charge is 1.85. The summed E-state index contributed by atoms with van der Waals surface area (Å²) in [6.07, 6.45) is 12.4. The first kappa shape index (κ1) is 10.1. The smallest absolute Gasteiger partial charge is 0.00989 e. The van der Waals surface area contributed by atoms with Gasteiger partial charge in [-0.05, 0) is 18.3 Å². The van der Waals surface area contributed by atoms with Gasteiger partial charge < -0.3 is 0 Å². The van der Waals surface area contributed by atoms with Gasteiger partial charge in [0.05, 0.1) is 0 Å². The molecule has 0 aromatic heterocycles. The Kier molecular flexibility index (Phi) is 8.39. The maximum atomic E-state index is 4.97. The number of terminal acetylenes is 1. The van der Waals surface area contributed by atoms with Crippen LogP contribution in [0.4, 0.5) is 0 Å². The minimum absolute atomic E-state index is 0.966. The molecule has 0 rings (SSSR count). The van der Waals surface area contributed by atoms with Crippen molar-refractivity contribution in [3.05, 3.63) is 0 Å². The molecule has 0 aliphatic rings. The van der Waals surface area contributed by atoms with Crippen molar-refractivity contribution >= 4 is 0 Å². The maximum absolute atomic E-state index is 4.97. The summed E-state index contributed by atoms with van der Waals surface area (Å²) in [5, 5.41) is 0. The van der Waals surface area contributed by atoms with Gasteiger partial charge in [0.1, 0.15) is 0 Å². The van der Waals surface area contributed by atoms with Crippen LogP contribution in [-0.4, -0.2) is 0 Å². The van der Waals surface area contributed by atoms with Gasteiger partial charge in [0.2, 0.25) is 0 Å². The van der Waals surface area contributed by atoms with Crippen molar-refractivity contribution in [3.8, 4) is 24.2 Å². The van der Waals surface area contributed by atoms with Crippen molar-refractivity contribution in [1.82, 2.24) is 0 Å². The van der Waals surface area contributed by atoms with Gasteiger partial charge in [-0.2, -0.15) is 0 Å². The molecule has 0 heterocycles. The highest BCUT2D eigenvalue weighted by molar-refractivity contribution is 5.21. The Morgan fingerprint density at radius 2 is 1.82 bits per heavy atom. The van der Waals surface area contributed by atoms with Crippen LogP contribution in [0.15, 0.2) is 0 Å². The molecule has 0 aromatic rings. The zero-order chi connectivity index (χ0) is 8.36. The Morgan fingerprint density at radius 1 is 1.09 bits per heavy atom. The Labute approximate surface area is 70.4 Å². The van der Waals surface area contributed by atoms with Gasteiger partial charge in [0, 0.05) is 6.42 Å². The highest BCUT2D eigenvalue weighted by atomic mass is 13.9. The monoisotopic (exact) mass is 148 g/mol. The van der Waals surface area contributed by atoms with E-state index in [2.05, 4.69) is 24.7 Å². The van der Waals surface area contributed by atoms with Crippen LogP contribution in [0.3, 0.4) is 0 Å². The van der Waals surface area contributed by atoms with Crippen LogP contribution in [0, 0.1) is 24.2 Å². The van der Waals surface area contributed by atoms with Crippen molar-refractivity contribution in [2.45, 2.75) is 45.4 Å². The second-order valence-corrected chi connectivity index (χ2v) is 2.61. The fraction of sp³-hybridized carbons (Fsp3) is 0.636. The van der Waals surface area contributed by atoms with E-state index in [0.29, 0.717) is 0 Å². The van der Waals surface area contributed by atoms with E-state index < -0.39 is 0 Å². The first-order valence-corrected chi connectivity index (χ1v) is 4.35. The third-order valence-electron chi connectivity index (χ3n) is 1.57. The quantitative estimate of drug-likeness (QED) is 0.415. The molecular formula is C11H16. The standard InChI is InChI=1S/C11H16/c1-3-5-7-9-11-10-8-6-4-2/h1H,4,6,8-11H2,2H3.